The molecule has 6 heteroatoms. The van der Waals surface area contributed by atoms with Crippen molar-refractivity contribution in [2.24, 2.45) is 11.8 Å². The second kappa shape index (κ2) is 5.43. The Labute approximate surface area is 128 Å². The summed E-state index contributed by atoms with van der Waals surface area (Å²) in [5.74, 6) is -0.780. The van der Waals surface area contributed by atoms with Crippen molar-refractivity contribution in [1.29, 1.82) is 0 Å². The van der Waals surface area contributed by atoms with E-state index in [0.717, 1.165) is 6.07 Å². The van der Waals surface area contributed by atoms with E-state index in [-0.39, 0.29) is 12.0 Å². The number of hydrogen-bond acceptors (Lipinski definition) is 3. The predicted octanol–water partition coefficient (Wildman–Crippen LogP) is 3.14. The summed E-state index contributed by atoms with van der Waals surface area (Å²) < 4.78 is 35.3. The number of halogens is 2. The second-order valence-electron chi connectivity index (χ2n) is 6.22. The Bertz CT molecular complexity index is 659. The number of nitrogens with zero attached hydrogens (tertiary/aromatic N) is 3. The molecule has 0 spiro atoms. The Kier molecular flexibility index (Phi) is 3.72. The van der Waals surface area contributed by atoms with Crippen LogP contribution in [0.1, 0.15) is 26.3 Å². The molecule has 0 saturated carbocycles. The lowest BCUT2D eigenvalue weighted by molar-refractivity contribution is -0.285. The fourth-order valence-electron chi connectivity index (χ4n) is 3.32. The topological polar surface area (TPSA) is 39.9 Å². The highest BCUT2D eigenvalue weighted by atomic mass is 19.1. The van der Waals surface area contributed by atoms with Crippen LogP contribution in [-0.2, 0) is 16.9 Å². The predicted molar refractivity (Wildman–Crippen MR) is 76.9 cm³/mol. The summed E-state index contributed by atoms with van der Waals surface area (Å²) in [5, 5.41) is 4.09. The van der Waals surface area contributed by atoms with Crippen molar-refractivity contribution >= 4 is 0 Å². The van der Waals surface area contributed by atoms with E-state index < -0.39 is 17.2 Å². The van der Waals surface area contributed by atoms with Gasteiger partial charge in [-0.2, -0.15) is 5.10 Å². The number of rotatable bonds is 4. The van der Waals surface area contributed by atoms with Crippen molar-refractivity contribution in [3.8, 4) is 0 Å². The molecule has 1 saturated heterocycles. The van der Waals surface area contributed by atoms with Gasteiger partial charge in [0.25, 0.3) is 0 Å². The van der Waals surface area contributed by atoms with Crippen LogP contribution in [0.25, 0.3) is 0 Å². The maximum Gasteiger partial charge on any atom is 0.137 e. The zero-order chi connectivity index (χ0) is 15.9. The minimum Gasteiger partial charge on any atom is -0.364 e. The fourth-order valence-corrected chi connectivity index (χ4v) is 3.32. The molecule has 3 atom stereocenters. The number of benzene rings is 1. The van der Waals surface area contributed by atoms with E-state index in [1.54, 1.807) is 11.0 Å². The number of hydrogen-bond donors (Lipinski definition) is 0. The highest BCUT2D eigenvalue weighted by molar-refractivity contribution is 5.29. The summed E-state index contributed by atoms with van der Waals surface area (Å²) in [6.45, 7) is 6.52. The van der Waals surface area contributed by atoms with Crippen molar-refractivity contribution in [1.82, 2.24) is 14.8 Å². The van der Waals surface area contributed by atoms with Gasteiger partial charge in [-0.05, 0) is 12.0 Å². The third kappa shape index (κ3) is 2.31. The zero-order valence-corrected chi connectivity index (χ0v) is 12.8. The first-order valence-electron chi connectivity index (χ1n) is 7.40. The highest BCUT2D eigenvalue weighted by Crippen LogP contribution is 2.51. The normalized spacial score (nSPS) is 27.9. The SMILES string of the molecule is CC(C)[C@H]1O[C@@](Cn2cncn2)(c2ccc(F)cc2F)[C@@H]1C. The number of aromatic nitrogens is 3. The van der Waals surface area contributed by atoms with Gasteiger partial charge in [-0.1, -0.05) is 26.8 Å². The molecule has 3 rings (SSSR count). The quantitative estimate of drug-likeness (QED) is 0.871. The molecule has 118 valence electrons. The van der Waals surface area contributed by atoms with Gasteiger partial charge in [0.15, 0.2) is 0 Å². The van der Waals surface area contributed by atoms with Crippen LogP contribution < -0.4 is 0 Å². The molecule has 22 heavy (non-hydrogen) atoms. The van der Waals surface area contributed by atoms with E-state index in [0.29, 0.717) is 18.0 Å². The van der Waals surface area contributed by atoms with Crippen molar-refractivity contribution in [3.63, 3.8) is 0 Å². The van der Waals surface area contributed by atoms with Crippen LogP contribution in [0.3, 0.4) is 0 Å². The van der Waals surface area contributed by atoms with Crippen LogP contribution in [0.5, 0.6) is 0 Å². The smallest absolute Gasteiger partial charge is 0.137 e. The largest absolute Gasteiger partial charge is 0.364 e. The zero-order valence-electron chi connectivity index (χ0n) is 12.8. The Morgan fingerprint density at radius 3 is 2.68 bits per heavy atom. The van der Waals surface area contributed by atoms with Crippen molar-refractivity contribution in [2.45, 2.75) is 39.0 Å². The lowest BCUT2D eigenvalue weighted by atomic mass is 9.70. The molecule has 2 heterocycles. The maximum absolute atomic E-state index is 14.3. The molecular weight excluding hydrogens is 288 g/mol. The molecule has 0 radical (unpaired) electrons. The van der Waals surface area contributed by atoms with E-state index in [1.165, 1.54) is 18.5 Å². The van der Waals surface area contributed by atoms with Gasteiger partial charge in [0.2, 0.25) is 0 Å². The number of ether oxygens (including phenoxy) is 1. The molecule has 0 bridgehead atoms. The summed E-state index contributed by atoms with van der Waals surface area (Å²) in [4.78, 5) is 3.92. The first-order chi connectivity index (χ1) is 10.4. The summed E-state index contributed by atoms with van der Waals surface area (Å²) in [5.41, 5.74) is -0.478. The van der Waals surface area contributed by atoms with Gasteiger partial charge in [-0.25, -0.2) is 18.4 Å². The lowest BCUT2D eigenvalue weighted by Gasteiger charge is -2.55. The molecule has 0 aliphatic carbocycles. The Morgan fingerprint density at radius 1 is 1.36 bits per heavy atom. The molecule has 1 fully saturated rings. The molecule has 0 amide bonds. The van der Waals surface area contributed by atoms with Gasteiger partial charge in [-0.3, -0.25) is 0 Å². The monoisotopic (exact) mass is 307 g/mol. The van der Waals surface area contributed by atoms with Gasteiger partial charge in [-0.15, -0.1) is 0 Å². The van der Waals surface area contributed by atoms with Crippen molar-refractivity contribution in [2.75, 3.05) is 0 Å². The standard InChI is InChI=1S/C16H19F2N3O/c1-10(2)15-11(3)16(22-15,7-21-9-19-8-20-21)13-5-4-12(17)6-14(13)18/h4-6,8-11,15H,7H2,1-3H3/t11-,15-,16-/m1/s1. The van der Waals surface area contributed by atoms with E-state index in [9.17, 15) is 8.78 Å². The summed E-state index contributed by atoms with van der Waals surface area (Å²) in [7, 11) is 0. The van der Waals surface area contributed by atoms with E-state index in [1.807, 2.05) is 6.92 Å². The first-order valence-corrected chi connectivity index (χ1v) is 7.40. The van der Waals surface area contributed by atoms with Gasteiger partial charge < -0.3 is 4.74 Å². The molecule has 1 aliphatic rings. The minimum atomic E-state index is -0.847. The molecule has 1 aromatic carbocycles. The molecule has 1 aromatic heterocycles. The van der Waals surface area contributed by atoms with Gasteiger partial charge in [0, 0.05) is 17.5 Å². The van der Waals surface area contributed by atoms with Gasteiger partial charge in [0.05, 0.1) is 12.6 Å². The fraction of sp³-hybridized carbons (Fsp3) is 0.500. The molecule has 4 nitrogen and oxygen atoms in total. The van der Waals surface area contributed by atoms with Crippen LogP contribution in [0.4, 0.5) is 8.78 Å². The van der Waals surface area contributed by atoms with Crippen LogP contribution in [0.15, 0.2) is 30.9 Å². The summed E-state index contributed by atoms with van der Waals surface area (Å²) in [6, 6.07) is 3.63. The van der Waals surface area contributed by atoms with E-state index >= 15 is 0 Å². The second-order valence-corrected chi connectivity index (χ2v) is 6.22. The lowest BCUT2D eigenvalue weighted by Crippen LogP contribution is -2.60. The van der Waals surface area contributed by atoms with Gasteiger partial charge >= 0.3 is 0 Å². The van der Waals surface area contributed by atoms with Crippen molar-refractivity contribution < 1.29 is 13.5 Å². The average Bonchev–Trinajstić information content (AvgIpc) is 2.95. The van der Waals surface area contributed by atoms with Crippen LogP contribution in [-0.4, -0.2) is 20.9 Å². The van der Waals surface area contributed by atoms with E-state index in [2.05, 4.69) is 23.9 Å². The Morgan fingerprint density at radius 2 is 2.14 bits per heavy atom. The van der Waals surface area contributed by atoms with Crippen molar-refractivity contribution in [3.05, 3.63) is 48.1 Å². The van der Waals surface area contributed by atoms with Gasteiger partial charge in [0.1, 0.15) is 29.9 Å². The van der Waals surface area contributed by atoms with Crippen LogP contribution in [0.2, 0.25) is 0 Å². The molecular formula is C16H19F2N3O. The van der Waals surface area contributed by atoms with Crippen LogP contribution >= 0.6 is 0 Å². The Hall–Kier alpha value is -1.82. The average molecular weight is 307 g/mol. The summed E-state index contributed by atoms with van der Waals surface area (Å²) in [6.07, 6.45) is 3.04. The van der Waals surface area contributed by atoms with Crippen LogP contribution in [0, 0.1) is 23.5 Å². The maximum atomic E-state index is 14.3. The molecule has 1 aliphatic heterocycles. The molecule has 2 aromatic rings. The first kappa shape index (κ1) is 15.1. The third-order valence-electron chi connectivity index (χ3n) is 4.48. The third-order valence-corrected chi connectivity index (χ3v) is 4.48. The molecule has 0 unspecified atom stereocenters. The highest BCUT2D eigenvalue weighted by Gasteiger charge is 2.56. The van der Waals surface area contributed by atoms with E-state index in [4.69, 9.17) is 4.74 Å². The Balaban J connectivity index is 2.00. The summed E-state index contributed by atoms with van der Waals surface area (Å²) >= 11 is 0. The minimum absolute atomic E-state index is 0.0352. The molecule has 0 N–H and O–H groups in total.